The lowest BCUT2D eigenvalue weighted by atomic mass is 9.70. The van der Waals surface area contributed by atoms with Gasteiger partial charge in [0, 0.05) is 0 Å². The average Bonchev–Trinajstić information content (AvgIpc) is 2.50. The van der Waals surface area contributed by atoms with Gasteiger partial charge in [-0.25, -0.2) is 9.59 Å². The summed E-state index contributed by atoms with van der Waals surface area (Å²) in [4.78, 5) is 36.0. The number of amides is 1. The fourth-order valence-electron chi connectivity index (χ4n) is 3.25. The number of carboxylic acid groups (broad SMARTS) is 1. The van der Waals surface area contributed by atoms with E-state index in [9.17, 15) is 19.5 Å². The highest BCUT2D eigenvalue weighted by Crippen LogP contribution is 2.39. The zero-order chi connectivity index (χ0) is 21.0. The molecule has 7 heteroatoms. The highest BCUT2D eigenvalue weighted by atomic mass is 16.6. The molecule has 156 valence electrons. The van der Waals surface area contributed by atoms with Crippen LogP contribution in [-0.2, 0) is 19.1 Å². The SMILES string of the molecule is CC(C)C(NC(=O)OC(C)(C)C)C(=O)OC1CCC(C(C)(C)C(=O)O)CC1. The number of alkyl carbamates (subject to hydrolysis) is 1. The first-order valence-corrected chi connectivity index (χ1v) is 9.67. The first-order valence-electron chi connectivity index (χ1n) is 9.67. The van der Waals surface area contributed by atoms with Crippen LogP contribution in [0.2, 0.25) is 0 Å². The number of esters is 1. The van der Waals surface area contributed by atoms with E-state index in [0.717, 1.165) is 0 Å². The van der Waals surface area contributed by atoms with E-state index in [4.69, 9.17) is 9.47 Å². The molecule has 1 aliphatic rings. The average molecular weight is 386 g/mol. The minimum absolute atomic E-state index is 0.0609. The smallest absolute Gasteiger partial charge is 0.408 e. The third-order valence-corrected chi connectivity index (χ3v) is 5.12. The largest absolute Gasteiger partial charge is 0.481 e. The van der Waals surface area contributed by atoms with Gasteiger partial charge >= 0.3 is 18.0 Å². The maximum absolute atomic E-state index is 12.6. The van der Waals surface area contributed by atoms with E-state index in [1.54, 1.807) is 34.6 Å². The predicted octanol–water partition coefficient (Wildman–Crippen LogP) is 3.75. The highest BCUT2D eigenvalue weighted by molar-refractivity contribution is 5.81. The summed E-state index contributed by atoms with van der Waals surface area (Å²) >= 11 is 0. The first kappa shape index (κ1) is 23.2. The van der Waals surface area contributed by atoms with Crippen LogP contribution >= 0.6 is 0 Å². The Morgan fingerprint density at radius 1 is 1.00 bits per heavy atom. The van der Waals surface area contributed by atoms with Crippen LogP contribution in [0.3, 0.4) is 0 Å². The lowest BCUT2D eigenvalue weighted by Gasteiger charge is -2.36. The number of carbonyl (C=O) groups is 3. The quantitative estimate of drug-likeness (QED) is 0.675. The molecule has 1 aliphatic carbocycles. The van der Waals surface area contributed by atoms with Crippen molar-refractivity contribution in [1.82, 2.24) is 5.32 Å². The zero-order valence-corrected chi connectivity index (χ0v) is 17.6. The normalized spacial score (nSPS) is 22.1. The van der Waals surface area contributed by atoms with Gasteiger partial charge in [-0.15, -0.1) is 0 Å². The highest BCUT2D eigenvalue weighted by Gasteiger charge is 2.40. The lowest BCUT2D eigenvalue weighted by Crippen LogP contribution is -2.48. The van der Waals surface area contributed by atoms with Gasteiger partial charge in [0.25, 0.3) is 0 Å². The zero-order valence-electron chi connectivity index (χ0n) is 17.6. The van der Waals surface area contributed by atoms with Crippen LogP contribution in [0.4, 0.5) is 4.79 Å². The second kappa shape index (κ2) is 8.93. The molecule has 0 saturated heterocycles. The summed E-state index contributed by atoms with van der Waals surface area (Å²) in [5, 5.41) is 12.0. The summed E-state index contributed by atoms with van der Waals surface area (Å²) in [7, 11) is 0. The summed E-state index contributed by atoms with van der Waals surface area (Å²) in [6, 6.07) is -0.784. The fraction of sp³-hybridized carbons (Fsp3) is 0.850. The number of carbonyl (C=O) groups excluding carboxylic acids is 2. The molecule has 0 bridgehead atoms. The first-order chi connectivity index (χ1) is 12.2. The molecular weight excluding hydrogens is 350 g/mol. The molecular formula is C20H35NO6. The van der Waals surface area contributed by atoms with Crippen molar-refractivity contribution >= 4 is 18.0 Å². The van der Waals surface area contributed by atoms with Crippen LogP contribution in [0.5, 0.6) is 0 Å². The molecule has 0 heterocycles. The summed E-state index contributed by atoms with van der Waals surface area (Å²) in [6.45, 7) is 12.4. The lowest BCUT2D eigenvalue weighted by molar-refractivity contribution is -0.158. The summed E-state index contributed by atoms with van der Waals surface area (Å²) in [5.74, 6) is -1.36. The second-order valence-electron chi connectivity index (χ2n) is 9.31. The number of carboxylic acids is 1. The standard InChI is InChI=1S/C20H35NO6/c1-12(2)15(21-18(25)27-19(3,4)5)16(22)26-14-10-8-13(9-11-14)20(6,7)17(23)24/h12-15H,8-11H2,1-7H3,(H,21,25)(H,23,24). The Balaban J connectivity index is 2.61. The van der Waals surface area contributed by atoms with Crippen LogP contribution in [0, 0.1) is 17.3 Å². The van der Waals surface area contributed by atoms with Crippen molar-refractivity contribution in [1.29, 1.82) is 0 Å². The minimum atomic E-state index is -0.802. The molecule has 1 fully saturated rings. The molecule has 7 nitrogen and oxygen atoms in total. The van der Waals surface area contributed by atoms with Gasteiger partial charge in [-0.1, -0.05) is 13.8 Å². The summed E-state index contributed by atoms with van der Waals surface area (Å²) in [6.07, 6.45) is 1.76. The summed E-state index contributed by atoms with van der Waals surface area (Å²) in [5.41, 5.74) is -1.43. The van der Waals surface area contributed by atoms with Crippen LogP contribution in [0.1, 0.15) is 74.1 Å². The maximum atomic E-state index is 12.6. The molecule has 0 aromatic rings. The number of hydrogen-bond acceptors (Lipinski definition) is 5. The molecule has 2 N–H and O–H groups in total. The van der Waals surface area contributed by atoms with Crippen molar-refractivity contribution in [3.63, 3.8) is 0 Å². The van der Waals surface area contributed by atoms with Gasteiger partial charge in [0.1, 0.15) is 17.7 Å². The van der Waals surface area contributed by atoms with Gasteiger partial charge < -0.3 is 19.9 Å². The van der Waals surface area contributed by atoms with Crippen molar-refractivity contribution in [2.75, 3.05) is 0 Å². The molecule has 0 spiro atoms. The third-order valence-electron chi connectivity index (χ3n) is 5.12. The number of hydrogen-bond donors (Lipinski definition) is 2. The van der Waals surface area contributed by atoms with Gasteiger partial charge in [-0.2, -0.15) is 0 Å². The molecule has 0 aliphatic heterocycles. The monoisotopic (exact) mass is 385 g/mol. The number of rotatable bonds is 6. The van der Waals surface area contributed by atoms with Gasteiger partial charge in [0.05, 0.1) is 5.41 Å². The summed E-state index contributed by atoms with van der Waals surface area (Å²) < 4.78 is 10.8. The van der Waals surface area contributed by atoms with Gasteiger partial charge in [-0.05, 0) is 72.1 Å². The molecule has 0 aromatic heterocycles. The minimum Gasteiger partial charge on any atom is -0.481 e. The van der Waals surface area contributed by atoms with E-state index in [-0.39, 0.29) is 17.9 Å². The van der Waals surface area contributed by atoms with Gasteiger partial charge in [0.2, 0.25) is 0 Å². The van der Waals surface area contributed by atoms with E-state index >= 15 is 0 Å². The Kier molecular flexibility index (Phi) is 7.69. The Morgan fingerprint density at radius 3 is 1.93 bits per heavy atom. The number of nitrogens with one attached hydrogen (secondary N) is 1. The fourth-order valence-corrected chi connectivity index (χ4v) is 3.25. The van der Waals surface area contributed by atoms with Crippen molar-refractivity contribution in [3.05, 3.63) is 0 Å². The molecule has 1 amide bonds. The van der Waals surface area contributed by atoms with Gasteiger partial charge in [-0.3, -0.25) is 4.79 Å². The van der Waals surface area contributed by atoms with Crippen molar-refractivity contribution < 1.29 is 29.0 Å². The van der Waals surface area contributed by atoms with E-state index in [2.05, 4.69) is 5.32 Å². The Hall–Kier alpha value is -1.79. The molecule has 1 saturated carbocycles. The van der Waals surface area contributed by atoms with E-state index in [1.807, 2.05) is 13.8 Å². The van der Waals surface area contributed by atoms with Crippen molar-refractivity contribution in [2.24, 2.45) is 17.3 Å². The van der Waals surface area contributed by atoms with Crippen LogP contribution in [0.25, 0.3) is 0 Å². The van der Waals surface area contributed by atoms with Gasteiger partial charge in [0.15, 0.2) is 0 Å². The third kappa shape index (κ3) is 7.03. The van der Waals surface area contributed by atoms with Crippen LogP contribution in [-0.4, -0.2) is 40.9 Å². The molecule has 1 atom stereocenters. The molecule has 0 radical (unpaired) electrons. The molecule has 1 rings (SSSR count). The Bertz CT molecular complexity index is 541. The van der Waals surface area contributed by atoms with Crippen LogP contribution < -0.4 is 5.32 Å². The van der Waals surface area contributed by atoms with Crippen molar-refractivity contribution in [2.45, 2.75) is 91.9 Å². The predicted molar refractivity (Wildman–Crippen MR) is 101 cm³/mol. The molecule has 27 heavy (non-hydrogen) atoms. The van der Waals surface area contributed by atoms with E-state index < -0.39 is 35.1 Å². The Morgan fingerprint density at radius 2 is 1.52 bits per heavy atom. The van der Waals surface area contributed by atoms with Crippen molar-refractivity contribution in [3.8, 4) is 0 Å². The second-order valence-corrected chi connectivity index (χ2v) is 9.31. The molecule has 1 unspecified atom stereocenters. The number of ether oxygens (including phenoxy) is 2. The topological polar surface area (TPSA) is 102 Å². The maximum Gasteiger partial charge on any atom is 0.408 e. The van der Waals surface area contributed by atoms with E-state index in [1.165, 1.54) is 0 Å². The molecule has 0 aromatic carbocycles. The number of aliphatic carboxylic acids is 1. The Labute approximate surface area is 162 Å². The van der Waals surface area contributed by atoms with Crippen LogP contribution in [0.15, 0.2) is 0 Å². The van der Waals surface area contributed by atoms with E-state index in [0.29, 0.717) is 25.7 Å².